The van der Waals surface area contributed by atoms with Crippen LogP contribution in [0.3, 0.4) is 0 Å². The Morgan fingerprint density at radius 2 is 1.71 bits per heavy atom. The molecule has 1 aliphatic heterocycles. The van der Waals surface area contributed by atoms with Crippen LogP contribution < -0.4 is 10.7 Å². The molecule has 0 radical (unpaired) electrons. The van der Waals surface area contributed by atoms with Crippen molar-refractivity contribution in [2.75, 3.05) is 18.5 Å². The van der Waals surface area contributed by atoms with Gasteiger partial charge in [-0.2, -0.15) is 0 Å². The van der Waals surface area contributed by atoms with Crippen LogP contribution in [0.2, 0.25) is 15.1 Å². The van der Waals surface area contributed by atoms with E-state index in [1.807, 2.05) is 0 Å². The van der Waals surface area contributed by atoms with E-state index in [4.69, 9.17) is 39.5 Å². The first-order valence-corrected chi connectivity index (χ1v) is 10.1. The first kappa shape index (κ1) is 22.9. The van der Waals surface area contributed by atoms with E-state index in [0.29, 0.717) is 15.6 Å². The minimum absolute atomic E-state index is 0.0707. The van der Waals surface area contributed by atoms with E-state index in [2.05, 4.69) is 10.7 Å². The molecule has 0 unspecified atom stereocenters. The van der Waals surface area contributed by atoms with Gasteiger partial charge in [0.1, 0.15) is 0 Å². The Morgan fingerprint density at radius 3 is 2.42 bits per heavy atom. The third-order valence-electron chi connectivity index (χ3n) is 4.35. The van der Waals surface area contributed by atoms with Crippen LogP contribution in [0.15, 0.2) is 42.5 Å². The summed E-state index contributed by atoms with van der Waals surface area (Å²) in [5.74, 6) is -3.13. The Balaban J connectivity index is 1.49. The topological polar surface area (TPSA) is 105 Å². The molecule has 1 atom stereocenters. The van der Waals surface area contributed by atoms with Crippen molar-refractivity contribution in [3.8, 4) is 0 Å². The fourth-order valence-corrected chi connectivity index (χ4v) is 3.26. The molecule has 3 rings (SSSR count). The molecule has 2 aromatic rings. The van der Waals surface area contributed by atoms with Crippen LogP contribution >= 0.6 is 34.8 Å². The maximum Gasteiger partial charge on any atom is 0.311 e. The smallest absolute Gasteiger partial charge is 0.311 e. The summed E-state index contributed by atoms with van der Waals surface area (Å²) in [5.41, 5.74) is 3.03. The molecule has 0 aliphatic carbocycles. The van der Waals surface area contributed by atoms with Crippen molar-refractivity contribution >= 4 is 64.2 Å². The van der Waals surface area contributed by atoms with Gasteiger partial charge in [-0.05, 0) is 42.5 Å². The molecule has 1 fully saturated rings. The van der Waals surface area contributed by atoms with E-state index in [9.17, 15) is 19.2 Å². The molecule has 162 valence electrons. The summed E-state index contributed by atoms with van der Waals surface area (Å²) >= 11 is 17.6. The molecule has 8 nitrogen and oxygen atoms in total. The number of anilines is 1. The molecule has 3 amide bonds. The quantitative estimate of drug-likeness (QED) is 0.612. The van der Waals surface area contributed by atoms with E-state index in [1.165, 1.54) is 24.3 Å². The number of nitrogens with zero attached hydrogens (tertiary/aromatic N) is 1. The Bertz CT molecular complexity index is 1030. The number of ether oxygens (including phenoxy) is 1. The molecule has 1 heterocycles. The maximum atomic E-state index is 12.3. The predicted molar refractivity (Wildman–Crippen MR) is 115 cm³/mol. The Labute approximate surface area is 192 Å². The van der Waals surface area contributed by atoms with Crippen LogP contribution in [0.1, 0.15) is 16.8 Å². The van der Waals surface area contributed by atoms with Crippen molar-refractivity contribution in [2.45, 2.75) is 6.42 Å². The molecule has 0 bridgehead atoms. The van der Waals surface area contributed by atoms with E-state index in [-0.39, 0.29) is 23.7 Å². The number of benzene rings is 2. The highest BCUT2D eigenvalue weighted by molar-refractivity contribution is 6.35. The summed E-state index contributed by atoms with van der Waals surface area (Å²) in [6.07, 6.45) is -0.151. The lowest BCUT2D eigenvalue weighted by molar-refractivity contribution is -0.151. The molecule has 1 aliphatic rings. The molecule has 1 saturated heterocycles. The fraction of sp³-hybridized carbons (Fsp3) is 0.200. The van der Waals surface area contributed by atoms with Crippen LogP contribution in [0.5, 0.6) is 0 Å². The predicted octanol–water partition coefficient (Wildman–Crippen LogP) is 3.32. The molecule has 2 aromatic carbocycles. The van der Waals surface area contributed by atoms with Gasteiger partial charge in [0.15, 0.2) is 6.61 Å². The number of hydrogen-bond donors (Lipinski definition) is 2. The third kappa shape index (κ3) is 6.10. The van der Waals surface area contributed by atoms with Crippen molar-refractivity contribution in [1.29, 1.82) is 0 Å². The van der Waals surface area contributed by atoms with Crippen LogP contribution in [-0.4, -0.2) is 41.9 Å². The van der Waals surface area contributed by atoms with Crippen molar-refractivity contribution < 1.29 is 23.9 Å². The zero-order valence-corrected chi connectivity index (χ0v) is 18.1. The Hall–Kier alpha value is -2.81. The number of carbonyl (C=O) groups is 4. The monoisotopic (exact) mass is 483 g/mol. The van der Waals surface area contributed by atoms with Crippen molar-refractivity contribution in [1.82, 2.24) is 10.4 Å². The lowest BCUT2D eigenvalue weighted by Crippen LogP contribution is -2.43. The van der Waals surface area contributed by atoms with Gasteiger partial charge in [0.05, 0.1) is 23.2 Å². The summed E-state index contributed by atoms with van der Waals surface area (Å²) in [4.78, 5) is 48.6. The maximum absolute atomic E-state index is 12.3. The number of nitrogens with one attached hydrogen (secondary N) is 2. The zero-order chi connectivity index (χ0) is 22.5. The van der Waals surface area contributed by atoms with Crippen molar-refractivity contribution in [3.63, 3.8) is 0 Å². The van der Waals surface area contributed by atoms with Gasteiger partial charge in [0.25, 0.3) is 11.8 Å². The number of esters is 1. The lowest BCUT2D eigenvalue weighted by Gasteiger charge is -2.17. The zero-order valence-electron chi connectivity index (χ0n) is 15.9. The van der Waals surface area contributed by atoms with Gasteiger partial charge in [-0.3, -0.25) is 29.6 Å². The Morgan fingerprint density at radius 1 is 1.03 bits per heavy atom. The second-order valence-electron chi connectivity index (χ2n) is 6.63. The van der Waals surface area contributed by atoms with Crippen LogP contribution in [-0.2, 0) is 19.1 Å². The summed E-state index contributed by atoms with van der Waals surface area (Å²) in [6.45, 7) is -0.637. The summed E-state index contributed by atoms with van der Waals surface area (Å²) < 4.78 is 5.00. The van der Waals surface area contributed by atoms with Crippen LogP contribution in [0.25, 0.3) is 0 Å². The molecule has 2 N–H and O–H groups in total. The number of rotatable bonds is 6. The van der Waals surface area contributed by atoms with Crippen LogP contribution in [0.4, 0.5) is 5.69 Å². The van der Waals surface area contributed by atoms with E-state index in [0.717, 1.165) is 5.01 Å². The van der Waals surface area contributed by atoms with Gasteiger partial charge < -0.3 is 10.1 Å². The van der Waals surface area contributed by atoms with Crippen LogP contribution in [0, 0.1) is 5.92 Å². The van der Waals surface area contributed by atoms with Gasteiger partial charge in [-0.15, -0.1) is 0 Å². The Kier molecular flexibility index (Phi) is 7.37. The number of amides is 3. The van der Waals surface area contributed by atoms with Gasteiger partial charge in [-0.1, -0.05) is 34.8 Å². The molecule has 11 heteroatoms. The first-order chi connectivity index (χ1) is 14.7. The van der Waals surface area contributed by atoms with Gasteiger partial charge in [0.2, 0.25) is 5.91 Å². The highest BCUT2D eigenvalue weighted by Crippen LogP contribution is 2.25. The summed E-state index contributed by atoms with van der Waals surface area (Å²) in [6, 6.07) is 10.6. The average molecular weight is 485 g/mol. The van der Waals surface area contributed by atoms with Crippen molar-refractivity contribution in [2.24, 2.45) is 5.92 Å². The van der Waals surface area contributed by atoms with E-state index >= 15 is 0 Å². The molecular weight excluding hydrogens is 469 g/mol. The second kappa shape index (κ2) is 10.00. The summed E-state index contributed by atoms with van der Waals surface area (Å²) in [5, 5.41) is 4.66. The molecular formula is C20H16Cl3N3O5. The highest BCUT2D eigenvalue weighted by Gasteiger charge is 2.36. The standard InChI is InChI=1S/C20H16Cl3N3O5/c21-13-3-1-11(2-4-13)19(29)25-26-9-12(7-18(26)28)20(30)31-10-17(27)24-16-8-14(22)5-6-15(16)23/h1-6,8,12H,7,9-10H2,(H,24,27)(H,25,29)/t12-/m1/s1. The van der Waals surface area contributed by atoms with Crippen molar-refractivity contribution in [3.05, 3.63) is 63.1 Å². The molecule has 0 saturated carbocycles. The minimum atomic E-state index is -0.819. The normalized spacial score (nSPS) is 15.5. The SMILES string of the molecule is O=C(COC(=O)[C@@H]1CC(=O)N(NC(=O)c2ccc(Cl)cc2)C1)Nc1cc(Cl)ccc1Cl. The fourth-order valence-electron chi connectivity index (χ4n) is 2.80. The summed E-state index contributed by atoms with van der Waals surface area (Å²) in [7, 11) is 0. The minimum Gasteiger partial charge on any atom is -0.455 e. The highest BCUT2D eigenvalue weighted by atomic mass is 35.5. The first-order valence-electron chi connectivity index (χ1n) is 9.01. The molecule has 0 spiro atoms. The lowest BCUT2D eigenvalue weighted by atomic mass is 10.1. The van der Waals surface area contributed by atoms with Gasteiger partial charge in [0, 0.05) is 22.0 Å². The number of hydrazine groups is 1. The molecule has 31 heavy (non-hydrogen) atoms. The molecule has 0 aromatic heterocycles. The van der Waals surface area contributed by atoms with E-state index in [1.54, 1.807) is 18.2 Å². The second-order valence-corrected chi connectivity index (χ2v) is 7.91. The van der Waals surface area contributed by atoms with Gasteiger partial charge in [-0.25, -0.2) is 0 Å². The average Bonchev–Trinajstić information content (AvgIpc) is 3.09. The van der Waals surface area contributed by atoms with Gasteiger partial charge >= 0.3 is 5.97 Å². The number of carbonyl (C=O) groups excluding carboxylic acids is 4. The van der Waals surface area contributed by atoms with E-state index < -0.39 is 36.2 Å². The number of hydrogen-bond acceptors (Lipinski definition) is 5. The largest absolute Gasteiger partial charge is 0.455 e. The number of halogens is 3. The third-order valence-corrected chi connectivity index (χ3v) is 5.17.